The molecule has 20 heavy (non-hydrogen) atoms. The number of amides is 2. The predicted molar refractivity (Wildman–Crippen MR) is 77.8 cm³/mol. The molecule has 0 aromatic rings. The molecule has 0 atom stereocenters. The average Bonchev–Trinajstić information content (AvgIpc) is 2.84. The van der Waals surface area contributed by atoms with Gasteiger partial charge in [0.1, 0.15) is 5.54 Å². The maximum atomic E-state index is 12.3. The third-order valence-electron chi connectivity index (χ3n) is 3.91. The topological polar surface area (TPSA) is 72.9 Å². The maximum Gasteiger partial charge on any atom is 0.329 e. The van der Waals surface area contributed by atoms with Crippen LogP contribution in [-0.2, 0) is 4.79 Å². The van der Waals surface area contributed by atoms with E-state index in [-0.39, 0.29) is 6.03 Å². The van der Waals surface area contributed by atoms with Crippen molar-refractivity contribution in [2.45, 2.75) is 44.6 Å². The first-order valence-corrected chi connectivity index (χ1v) is 7.36. The molecule has 6 heteroatoms. The fourth-order valence-electron chi connectivity index (χ4n) is 2.64. The number of carboxylic acids is 1. The summed E-state index contributed by atoms with van der Waals surface area (Å²) in [4.78, 5) is 27.4. The van der Waals surface area contributed by atoms with Gasteiger partial charge in [-0.25, -0.2) is 9.59 Å². The van der Waals surface area contributed by atoms with E-state index in [1.54, 1.807) is 4.90 Å². The molecule has 0 unspecified atom stereocenters. The van der Waals surface area contributed by atoms with Crippen LogP contribution in [0.15, 0.2) is 0 Å². The molecule has 0 bridgehead atoms. The van der Waals surface area contributed by atoms with Crippen LogP contribution in [0, 0.1) is 0 Å². The Morgan fingerprint density at radius 1 is 1.20 bits per heavy atom. The van der Waals surface area contributed by atoms with Gasteiger partial charge in [0.2, 0.25) is 0 Å². The summed E-state index contributed by atoms with van der Waals surface area (Å²) in [7, 11) is 3.99. The van der Waals surface area contributed by atoms with E-state index in [1.807, 2.05) is 21.0 Å². The standard InChI is InChI=1S/C14H27N3O3/c1-4-17(11-7-10-16(2)3)13(20)15-14(12(18)19)8-5-6-9-14/h4-11H2,1-3H3,(H,15,20)(H,18,19). The molecule has 1 aliphatic rings. The molecule has 116 valence electrons. The molecule has 0 aliphatic heterocycles. The van der Waals surface area contributed by atoms with Gasteiger partial charge in [-0.15, -0.1) is 0 Å². The van der Waals surface area contributed by atoms with Crippen molar-refractivity contribution in [1.29, 1.82) is 0 Å². The fraction of sp³-hybridized carbons (Fsp3) is 0.857. The number of carboxylic acid groups (broad SMARTS) is 1. The molecule has 2 N–H and O–H groups in total. The molecule has 0 aromatic carbocycles. The van der Waals surface area contributed by atoms with Crippen molar-refractivity contribution in [2.75, 3.05) is 33.7 Å². The Kier molecular flexibility index (Phi) is 6.26. The second-order valence-corrected chi connectivity index (χ2v) is 5.76. The van der Waals surface area contributed by atoms with E-state index in [2.05, 4.69) is 10.2 Å². The zero-order valence-corrected chi connectivity index (χ0v) is 12.8. The van der Waals surface area contributed by atoms with E-state index in [0.29, 0.717) is 25.9 Å². The Morgan fingerprint density at radius 2 is 1.80 bits per heavy atom. The third-order valence-corrected chi connectivity index (χ3v) is 3.91. The van der Waals surface area contributed by atoms with Crippen molar-refractivity contribution in [2.24, 2.45) is 0 Å². The van der Waals surface area contributed by atoms with Crippen LogP contribution in [0.25, 0.3) is 0 Å². The third kappa shape index (κ3) is 4.37. The van der Waals surface area contributed by atoms with Crippen LogP contribution in [0.2, 0.25) is 0 Å². The number of hydrogen-bond donors (Lipinski definition) is 2. The first-order valence-electron chi connectivity index (χ1n) is 7.36. The summed E-state index contributed by atoms with van der Waals surface area (Å²) in [5.41, 5.74) is -1.05. The van der Waals surface area contributed by atoms with Crippen LogP contribution < -0.4 is 5.32 Å². The van der Waals surface area contributed by atoms with Crippen molar-refractivity contribution in [3.8, 4) is 0 Å². The zero-order valence-electron chi connectivity index (χ0n) is 12.8. The maximum absolute atomic E-state index is 12.3. The van der Waals surface area contributed by atoms with Crippen LogP contribution in [0.4, 0.5) is 4.79 Å². The number of urea groups is 1. The summed E-state index contributed by atoms with van der Waals surface area (Å²) in [5, 5.41) is 12.1. The SMILES string of the molecule is CCN(CCCN(C)C)C(=O)NC1(C(=O)O)CCCC1. The van der Waals surface area contributed by atoms with E-state index < -0.39 is 11.5 Å². The Labute approximate surface area is 121 Å². The summed E-state index contributed by atoms with van der Waals surface area (Å²) in [6.45, 7) is 4.07. The van der Waals surface area contributed by atoms with Gasteiger partial charge in [0.05, 0.1) is 0 Å². The minimum Gasteiger partial charge on any atom is -0.480 e. The minimum absolute atomic E-state index is 0.254. The molecule has 0 radical (unpaired) electrons. The van der Waals surface area contributed by atoms with Gasteiger partial charge in [-0.3, -0.25) is 0 Å². The Balaban J connectivity index is 2.55. The highest BCUT2D eigenvalue weighted by atomic mass is 16.4. The van der Waals surface area contributed by atoms with E-state index in [4.69, 9.17) is 0 Å². The van der Waals surface area contributed by atoms with Crippen molar-refractivity contribution < 1.29 is 14.7 Å². The summed E-state index contributed by atoms with van der Waals surface area (Å²) >= 11 is 0. The molecular formula is C14H27N3O3. The molecule has 1 saturated carbocycles. The van der Waals surface area contributed by atoms with E-state index >= 15 is 0 Å². The number of rotatable bonds is 7. The zero-order chi connectivity index (χ0) is 15.2. The smallest absolute Gasteiger partial charge is 0.329 e. The normalized spacial score (nSPS) is 17.2. The van der Waals surface area contributed by atoms with Crippen LogP contribution in [0.3, 0.4) is 0 Å². The lowest BCUT2D eigenvalue weighted by Gasteiger charge is -2.30. The van der Waals surface area contributed by atoms with Crippen LogP contribution in [-0.4, -0.2) is 66.2 Å². The van der Waals surface area contributed by atoms with Gasteiger partial charge in [-0.2, -0.15) is 0 Å². The van der Waals surface area contributed by atoms with Gasteiger partial charge >= 0.3 is 12.0 Å². The minimum atomic E-state index is -1.05. The number of carbonyl (C=O) groups excluding carboxylic acids is 1. The number of aliphatic carboxylic acids is 1. The van der Waals surface area contributed by atoms with Crippen molar-refractivity contribution >= 4 is 12.0 Å². The monoisotopic (exact) mass is 285 g/mol. The first kappa shape index (κ1) is 16.8. The predicted octanol–water partition coefficient (Wildman–Crippen LogP) is 1.37. The lowest BCUT2D eigenvalue weighted by Crippen LogP contribution is -2.56. The second kappa shape index (κ2) is 7.47. The Morgan fingerprint density at radius 3 is 2.25 bits per heavy atom. The van der Waals surface area contributed by atoms with Crippen molar-refractivity contribution in [3.05, 3.63) is 0 Å². The summed E-state index contributed by atoms with van der Waals surface area (Å²) in [5.74, 6) is -0.910. The summed E-state index contributed by atoms with van der Waals surface area (Å²) in [6, 6.07) is -0.254. The molecular weight excluding hydrogens is 258 g/mol. The molecule has 0 aromatic heterocycles. The van der Waals surface area contributed by atoms with E-state index in [0.717, 1.165) is 25.8 Å². The number of nitrogens with zero attached hydrogens (tertiary/aromatic N) is 2. The molecule has 1 fully saturated rings. The van der Waals surface area contributed by atoms with Crippen LogP contribution >= 0.6 is 0 Å². The number of carbonyl (C=O) groups is 2. The fourth-order valence-corrected chi connectivity index (χ4v) is 2.64. The number of hydrogen-bond acceptors (Lipinski definition) is 3. The largest absolute Gasteiger partial charge is 0.480 e. The van der Waals surface area contributed by atoms with Gasteiger partial charge in [0, 0.05) is 13.1 Å². The second-order valence-electron chi connectivity index (χ2n) is 5.76. The highest BCUT2D eigenvalue weighted by molar-refractivity contribution is 5.86. The molecule has 0 heterocycles. The molecule has 0 saturated heterocycles. The van der Waals surface area contributed by atoms with Crippen LogP contribution in [0.1, 0.15) is 39.0 Å². The highest BCUT2D eigenvalue weighted by Crippen LogP contribution is 2.30. The summed E-state index contributed by atoms with van der Waals surface area (Å²) < 4.78 is 0. The van der Waals surface area contributed by atoms with E-state index in [9.17, 15) is 14.7 Å². The number of nitrogens with one attached hydrogen (secondary N) is 1. The van der Waals surface area contributed by atoms with Gasteiger partial charge in [0.15, 0.2) is 0 Å². The van der Waals surface area contributed by atoms with Gasteiger partial charge < -0.3 is 20.2 Å². The molecule has 1 aliphatic carbocycles. The molecule has 0 spiro atoms. The van der Waals surface area contributed by atoms with Crippen molar-refractivity contribution in [3.63, 3.8) is 0 Å². The Bertz CT molecular complexity index is 339. The molecule has 1 rings (SSSR count). The Hall–Kier alpha value is -1.30. The van der Waals surface area contributed by atoms with Crippen molar-refractivity contribution in [1.82, 2.24) is 15.1 Å². The van der Waals surface area contributed by atoms with E-state index in [1.165, 1.54) is 0 Å². The molecule has 2 amide bonds. The van der Waals surface area contributed by atoms with Crippen LogP contribution in [0.5, 0.6) is 0 Å². The molecule has 6 nitrogen and oxygen atoms in total. The highest BCUT2D eigenvalue weighted by Gasteiger charge is 2.43. The quantitative estimate of drug-likeness (QED) is 0.741. The first-order chi connectivity index (χ1) is 9.41. The lowest BCUT2D eigenvalue weighted by molar-refractivity contribution is -0.144. The summed E-state index contributed by atoms with van der Waals surface area (Å²) in [6.07, 6.45) is 3.67. The van der Waals surface area contributed by atoms with Gasteiger partial charge in [-0.05, 0) is 46.8 Å². The van der Waals surface area contributed by atoms with Gasteiger partial charge in [-0.1, -0.05) is 12.8 Å². The van der Waals surface area contributed by atoms with Gasteiger partial charge in [0.25, 0.3) is 0 Å². The lowest BCUT2D eigenvalue weighted by atomic mass is 9.98. The average molecular weight is 285 g/mol.